The molecule has 4 rings (SSSR count). The van der Waals surface area contributed by atoms with E-state index in [-0.39, 0.29) is 24.9 Å². The summed E-state index contributed by atoms with van der Waals surface area (Å²) in [6, 6.07) is 25.9. The third-order valence-corrected chi connectivity index (χ3v) is 6.35. The van der Waals surface area contributed by atoms with Crippen LogP contribution in [0, 0.1) is 5.92 Å². The average molecular weight is 410 g/mol. The Labute approximate surface area is 181 Å². The highest BCUT2D eigenvalue weighted by molar-refractivity contribution is 5.86. The van der Waals surface area contributed by atoms with Crippen molar-refractivity contribution in [1.82, 2.24) is 4.90 Å². The molecule has 1 N–H and O–H groups in total. The standard InChI is InChI=1S/C26H31NO.ClH/c28-20-24(26-12-6-10-23-9-4-5-11-25(23)26)15-18-27-16-13-22(14-17-27)19-21-7-2-1-3-8-21;/h1-12,22,24,28H,13-20H2;1H. The molecule has 3 heteroatoms. The molecule has 1 fully saturated rings. The van der Waals surface area contributed by atoms with Crippen LogP contribution in [0.3, 0.4) is 0 Å². The van der Waals surface area contributed by atoms with Crippen molar-refractivity contribution in [3.05, 3.63) is 83.9 Å². The normalized spacial score (nSPS) is 16.4. The van der Waals surface area contributed by atoms with Crippen LogP contribution in [0.2, 0.25) is 0 Å². The lowest BCUT2D eigenvalue weighted by molar-refractivity contribution is 0.169. The molecule has 1 aliphatic heterocycles. The molecule has 154 valence electrons. The van der Waals surface area contributed by atoms with E-state index < -0.39 is 0 Å². The average Bonchev–Trinajstić information content (AvgIpc) is 2.76. The van der Waals surface area contributed by atoms with E-state index in [1.165, 1.54) is 54.3 Å². The molecule has 1 aliphatic rings. The van der Waals surface area contributed by atoms with Crippen LogP contribution in [0.1, 0.15) is 36.3 Å². The second-order valence-corrected chi connectivity index (χ2v) is 8.21. The summed E-state index contributed by atoms with van der Waals surface area (Å²) in [5.74, 6) is 1.03. The highest BCUT2D eigenvalue weighted by atomic mass is 35.5. The second kappa shape index (κ2) is 10.8. The van der Waals surface area contributed by atoms with Gasteiger partial charge in [-0.25, -0.2) is 0 Å². The summed E-state index contributed by atoms with van der Waals surface area (Å²) >= 11 is 0. The predicted molar refractivity (Wildman–Crippen MR) is 125 cm³/mol. The van der Waals surface area contributed by atoms with Gasteiger partial charge in [-0.15, -0.1) is 12.4 Å². The van der Waals surface area contributed by atoms with E-state index in [1.54, 1.807) is 0 Å². The summed E-state index contributed by atoms with van der Waals surface area (Å²) in [7, 11) is 0. The highest BCUT2D eigenvalue weighted by Crippen LogP contribution is 2.29. The molecule has 1 saturated heterocycles. The number of rotatable bonds is 7. The van der Waals surface area contributed by atoms with Gasteiger partial charge in [-0.3, -0.25) is 0 Å². The van der Waals surface area contributed by atoms with Crippen LogP contribution >= 0.6 is 12.4 Å². The summed E-state index contributed by atoms with van der Waals surface area (Å²) in [6.07, 6.45) is 4.80. The van der Waals surface area contributed by atoms with Crippen molar-refractivity contribution in [2.45, 2.75) is 31.6 Å². The summed E-state index contributed by atoms with van der Waals surface area (Å²) in [5.41, 5.74) is 2.76. The molecule has 3 aromatic carbocycles. The Hall–Kier alpha value is -1.87. The topological polar surface area (TPSA) is 23.5 Å². The van der Waals surface area contributed by atoms with Crippen molar-refractivity contribution in [3.8, 4) is 0 Å². The van der Waals surface area contributed by atoms with Gasteiger partial charge in [0, 0.05) is 12.5 Å². The van der Waals surface area contributed by atoms with Gasteiger partial charge in [0.05, 0.1) is 0 Å². The third kappa shape index (κ3) is 5.60. The molecule has 0 radical (unpaired) electrons. The van der Waals surface area contributed by atoms with Gasteiger partial charge in [-0.05, 0) is 73.1 Å². The summed E-state index contributed by atoms with van der Waals surface area (Å²) < 4.78 is 0. The number of aliphatic hydroxyl groups excluding tert-OH is 1. The first-order valence-corrected chi connectivity index (χ1v) is 10.7. The van der Waals surface area contributed by atoms with Crippen molar-refractivity contribution in [2.75, 3.05) is 26.2 Å². The van der Waals surface area contributed by atoms with Crippen LogP contribution < -0.4 is 0 Å². The highest BCUT2D eigenvalue weighted by Gasteiger charge is 2.21. The molecular weight excluding hydrogens is 378 g/mol. The number of fused-ring (bicyclic) bond motifs is 1. The molecule has 0 amide bonds. The van der Waals surface area contributed by atoms with Gasteiger partial charge in [0.25, 0.3) is 0 Å². The Morgan fingerprint density at radius 2 is 1.55 bits per heavy atom. The molecule has 0 saturated carbocycles. The number of benzene rings is 3. The fourth-order valence-corrected chi connectivity index (χ4v) is 4.65. The third-order valence-electron chi connectivity index (χ3n) is 6.35. The molecule has 0 aliphatic carbocycles. The minimum Gasteiger partial charge on any atom is -0.396 e. The minimum absolute atomic E-state index is 0. The molecular formula is C26H32ClNO. The first kappa shape index (κ1) is 21.8. The van der Waals surface area contributed by atoms with Gasteiger partial charge in [-0.2, -0.15) is 0 Å². The Bertz CT molecular complexity index is 869. The quantitative estimate of drug-likeness (QED) is 0.542. The molecule has 1 heterocycles. The maximum atomic E-state index is 10.1. The van der Waals surface area contributed by atoms with Crippen LogP contribution in [-0.2, 0) is 6.42 Å². The number of likely N-dealkylation sites (tertiary alicyclic amines) is 1. The summed E-state index contributed by atoms with van der Waals surface area (Å²) in [5, 5.41) is 12.6. The number of hydrogen-bond acceptors (Lipinski definition) is 2. The summed E-state index contributed by atoms with van der Waals surface area (Å²) in [4.78, 5) is 2.59. The molecule has 0 aromatic heterocycles. The van der Waals surface area contributed by atoms with Crippen molar-refractivity contribution in [1.29, 1.82) is 0 Å². The van der Waals surface area contributed by atoms with Crippen LogP contribution in [0.4, 0.5) is 0 Å². The van der Waals surface area contributed by atoms with E-state index in [1.807, 2.05) is 0 Å². The molecule has 29 heavy (non-hydrogen) atoms. The maximum Gasteiger partial charge on any atom is 0.0500 e. The smallest absolute Gasteiger partial charge is 0.0500 e. The number of halogens is 1. The summed E-state index contributed by atoms with van der Waals surface area (Å²) in [6.45, 7) is 3.67. The Balaban J connectivity index is 0.00000240. The van der Waals surface area contributed by atoms with Gasteiger partial charge in [0.1, 0.15) is 0 Å². The monoisotopic (exact) mass is 409 g/mol. The van der Waals surface area contributed by atoms with E-state index >= 15 is 0 Å². The Kier molecular flexibility index (Phi) is 8.11. The van der Waals surface area contributed by atoms with Gasteiger partial charge in [0.2, 0.25) is 0 Å². The molecule has 0 bridgehead atoms. The van der Waals surface area contributed by atoms with Crippen molar-refractivity contribution in [3.63, 3.8) is 0 Å². The lowest BCUT2D eigenvalue weighted by Crippen LogP contribution is -2.35. The largest absolute Gasteiger partial charge is 0.396 e. The Morgan fingerprint density at radius 3 is 2.31 bits per heavy atom. The van der Waals surface area contributed by atoms with Crippen molar-refractivity contribution < 1.29 is 5.11 Å². The first-order chi connectivity index (χ1) is 13.8. The van der Waals surface area contributed by atoms with Gasteiger partial charge >= 0.3 is 0 Å². The number of piperidine rings is 1. The second-order valence-electron chi connectivity index (χ2n) is 8.21. The lowest BCUT2D eigenvalue weighted by Gasteiger charge is -2.33. The van der Waals surface area contributed by atoms with E-state index in [4.69, 9.17) is 0 Å². The zero-order valence-corrected chi connectivity index (χ0v) is 17.9. The van der Waals surface area contributed by atoms with Crippen LogP contribution in [0.25, 0.3) is 10.8 Å². The zero-order valence-electron chi connectivity index (χ0n) is 17.0. The fourth-order valence-electron chi connectivity index (χ4n) is 4.65. The fraction of sp³-hybridized carbons (Fsp3) is 0.385. The molecule has 0 spiro atoms. The maximum absolute atomic E-state index is 10.1. The van der Waals surface area contributed by atoms with E-state index in [9.17, 15) is 5.11 Å². The lowest BCUT2D eigenvalue weighted by atomic mass is 9.89. The predicted octanol–water partition coefficient (Wildman–Crippen LogP) is 5.68. The molecule has 2 nitrogen and oxygen atoms in total. The van der Waals surface area contributed by atoms with Crippen LogP contribution in [0.5, 0.6) is 0 Å². The van der Waals surface area contributed by atoms with E-state index in [0.29, 0.717) is 0 Å². The van der Waals surface area contributed by atoms with Gasteiger partial charge < -0.3 is 10.0 Å². The molecule has 3 aromatic rings. The molecule has 1 unspecified atom stereocenters. The van der Waals surface area contributed by atoms with Crippen molar-refractivity contribution in [2.24, 2.45) is 5.92 Å². The number of hydrogen-bond donors (Lipinski definition) is 1. The Morgan fingerprint density at radius 1 is 0.862 bits per heavy atom. The molecule has 1 atom stereocenters. The minimum atomic E-state index is 0. The first-order valence-electron chi connectivity index (χ1n) is 10.7. The van der Waals surface area contributed by atoms with Crippen LogP contribution in [0.15, 0.2) is 72.8 Å². The van der Waals surface area contributed by atoms with Gasteiger partial charge in [0.15, 0.2) is 0 Å². The number of aliphatic hydroxyl groups is 1. The zero-order chi connectivity index (χ0) is 19.2. The van der Waals surface area contributed by atoms with E-state index in [2.05, 4.69) is 77.7 Å². The van der Waals surface area contributed by atoms with Crippen LogP contribution in [-0.4, -0.2) is 36.2 Å². The van der Waals surface area contributed by atoms with Crippen molar-refractivity contribution >= 4 is 23.2 Å². The number of nitrogens with zero attached hydrogens (tertiary/aromatic N) is 1. The van der Waals surface area contributed by atoms with E-state index in [0.717, 1.165) is 18.9 Å². The SMILES string of the molecule is Cl.OCC(CCN1CCC(Cc2ccccc2)CC1)c1cccc2ccccc12. The van der Waals surface area contributed by atoms with Gasteiger partial charge in [-0.1, -0.05) is 72.8 Å².